The molecule has 1 rings (SSSR count). The Kier molecular flexibility index (Phi) is 1.16. The van der Waals surface area contributed by atoms with Crippen LogP contribution in [-0.2, 0) is 4.74 Å². The van der Waals surface area contributed by atoms with Gasteiger partial charge in [0, 0.05) is 0 Å². The molecule has 0 aromatic heterocycles. The minimum Gasteiger partial charge on any atom is -0.442 e. The molecule has 0 radical (unpaired) electrons. The number of hydrogen-bond acceptors (Lipinski definition) is 2. The van der Waals surface area contributed by atoms with E-state index in [4.69, 9.17) is 4.74 Å². The van der Waals surface area contributed by atoms with Gasteiger partial charge in [0.25, 0.3) is 0 Å². The molecule has 8 heavy (non-hydrogen) atoms. The Balaban J connectivity index is 2.61. The second kappa shape index (κ2) is 1.82. The average Bonchev–Trinajstić information content (AvgIpc) is 2.14. The van der Waals surface area contributed by atoms with Crippen molar-refractivity contribution in [3.8, 4) is 0 Å². The third-order valence-corrected chi connectivity index (χ3v) is 0.835. The molecule has 0 saturated heterocycles. The molecule has 0 saturated carbocycles. The molecular weight excluding hydrogens is 102 g/mol. The van der Waals surface area contributed by atoms with Crippen LogP contribution in [0.25, 0.3) is 0 Å². The zero-order valence-corrected chi connectivity index (χ0v) is 4.55. The van der Waals surface area contributed by atoms with Gasteiger partial charge in [-0.25, -0.2) is 4.99 Å². The van der Waals surface area contributed by atoms with Gasteiger partial charge in [0.2, 0.25) is 5.90 Å². The molecule has 2 nitrogen and oxygen atoms in total. The van der Waals surface area contributed by atoms with E-state index in [1.807, 2.05) is 0 Å². The SMILES string of the molecule is C=CC1=NCC(=C)O1. The fourth-order valence-electron chi connectivity index (χ4n) is 0.485. The van der Waals surface area contributed by atoms with Gasteiger partial charge < -0.3 is 4.74 Å². The second-order valence-electron chi connectivity index (χ2n) is 1.50. The fourth-order valence-corrected chi connectivity index (χ4v) is 0.485. The maximum absolute atomic E-state index is 4.95. The first-order valence-corrected chi connectivity index (χ1v) is 2.35. The number of aliphatic imine (C=N–C) groups is 1. The van der Waals surface area contributed by atoms with Gasteiger partial charge in [-0.2, -0.15) is 0 Å². The lowest BCUT2D eigenvalue weighted by molar-refractivity contribution is 0.444. The number of rotatable bonds is 1. The van der Waals surface area contributed by atoms with Gasteiger partial charge in [-0.15, -0.1) is 0 Å². The predicted molar refractivity (Wildman–Crippen MR) is 32.7 cm³/mol. The summed E-state index contributed by atoms with van der Waals surface area (Å²) in [4.78, 5) is 3.91. The Bertz CT molecular complexity index is 158. The third kappa shape index (κ3) is 0.780. The molecule has 0 atom stereocenters. The quantitative estimate of drug-likeness (QED) is 0.494. The number of hydrogen-bond donors (Lipinski definition) is 0. The van der Waals surface area contributed by atoms with Crippen molar-refractivity contribution in [1.82, 2.24) is 0 Å². The van der Waals surface area contributed by atoms with E-state index in [2.05, 4.69) is 18.2 Å². The minimum atomic E-state index is 0.579. The van der Waals surface area contributed by atoms with Crippen molar-refractivity contribution in [3.63, 3.8) is 0 Å². The maximum atomic E-state index is 4.95. The van der Waals surface area contributed by atoms with E-state index >= 15 is 0 Å². The molecule has 0 aliphatic carbocycles. The van der Waals surface area contributed by atoms with Crippen molar-refractivity contribution in [2.75, 3.05) is 6.54 Å². The van der Waals surface area contributed by atoms with Crippen LogP contribution in [0.1, 0.15) is 0 Å². The normalized spacial score (nSPS) is 17.5. The topological polar surface area (TPSA) is 21.6 Å². The zero-order chi connectivity index (χ0) is 5.98. The van der Waals surface area contributed by atoms with Crippen molar-refractivity contribution in [1.29, 1.82) is 0 Å². The highest BCUT2D eigenvalue weighted by Crippen LogP contribution is 2.04. The lowest BCUT2D eigenvalue weighted by Gasteiger charge is -1.91. The molecular formula is C6H7NO. The molecule has 0 aromatic carbocycles. The van der Waals surface area contributed by atoms with Crippen LogP contribution >= 0.6 is 0 Å². The Morgan fingerprint density at radius 2 is 2.50 bits per heavy atom. The summed E-state index contributed by atoms with van der Waals surface area (Å²) in [6.45, 7) is 7.63. The highest BCUT2D eigenvalue weighted by Gasteiger charge is 2.05. The molecule has 2 heteroatoms. The van der Waals surface area contributed by atoms with Crippen molar-refractivity contribution in [2.45, 2.75) is 0 Å². The molecule has 0 unspecified atom stereocenters. The highest BCUT2D eigenvalue weighted by molar-refractivity contribution is 5.89. The summed E-state index contributed by atoms with van der Waals surface area (Å²) in [5.74, 6) is 1.27. The summed E-state index contributed by atoms with van der Waals surface area (Å²) in [7, 11) is 0. The van der Waals surface area contributed by atoms with Crippen LogP contribution in [0.2, 0.25) is 0 Å². The van der Waals surface area contributed by atoms with E-state index in [1.165, 1.54) is 0 Å². The summed E-state index contributed by atoms with van der Waals surface area (Å²) in [5, 5.41) is 0. The van der Waals surface area contributed by atoms with E-state index < -0.39 is 0 Å². The van der Waals surface area contributed by atoms with Crippen molar-refractivity contribution in [2.24, 2.45) is 4.99 Å². The molecule has 0 spiro atoms. The molecule has 1 aliphatic heterocycles. The Morgan fingerprint density at radius 1 is 1.75 bits per heavy atom. The van der Waals surface area contributed by atoms with Gasteiger partial charge in [-0.3, -0.25) is 0 Å². The van der Waals surface area contributed by atoms with Crippen LogP contribution in [0.4, 0.5) is 0 Å². The summed E-state index contributed by atoms with van der Waals surface area (Å²) >= 11 is 0. The summed E-state index contributed by atoms with van der Waals surface area (Å²) < 4.78 is 4.95. The summed E-state index contributed by atoms with van der Waals surface area (Å²) in [6.07, 6.45) is 1.57. The van der Waals surface area contributed by atoms with Crippen LogP contribution < -0.4 is 0 Å². The molecule has 0 fully saturated rings. The standard InChI is InChI=1S/C6H7NO/c1-3-6-7-4-5(2)8-6/h3H,1-2,4H2. The largest absolute Gasteiger partial charge is 0.442 e. The first-order chi connectivity index (χ1) is 3.83. The molecule has 1 aliphatic rings. The third-order valence-electron chi connectivity index (χ3n) is 0.835. The lowest BCUT2D eigenvalue weighted by atomic mass is 10.6. The monoisotopic (exact) mass is 109 g/mol. The smallest absolute Gasteiger partial charge is 0.214 e. The van der Waals surface area contributed by atoms with Gasteiger partial charge in [-0.05, 0) is 6.08 Å². The van der Waals surface area contributed by atoms with Crippen molar-refractivity contribution in [3.05, 3.63) is 25.0 Å². The Hall–Kier alpha value is -1.05. The van der Waals surface area contributed by atoms with Gasteiger partial charge in [0.15, 0.2) is 0 Å². The van der Waals surface area contributed by atoms with Crippen molar-refractivity contribution >= 4 is 5.90 Å². The van der Waals surface area contributed by atoms with Crippen molar-refractivity contribution < 1.29 is 4.74 Å². The summed E-state index contributed by atoms with van der Waals surface area (Å²) in [6, 6.07) is 0. The second-order valence-corrected chi connectivity index (χ2v) is 1.50. The van der Waals surface area contributed by atoms with Crippen LogP contribution in [-0.4, -0.2) is 12.4 Å². The number of ether oxygens (including phenoxy) is 1. The van der Waals surface area contributed by atoms with Gasteiger partial charge in [-0.1, -0.05) is 13.2 Å². The molecule has 1 heterocycles. The molecule has 42 valence electrons. The molecule has 0 bridgehead atoms. The molecule has 0 aromatic rings. The van der Waals surface area contributed by atoms with Gasteiger partial charge >= 0.3 is 0 Å². The molecule has 0 N–H and O–H groups in total. The minimum absolute atomic E-state index is 0.579. The van der Waals surface area contributed by atoms with E-state index in [-0.39, 0.29) is 0 Å². The molecule has 0 amide bonds. The highest BCUT2D eigenvalue weighted by atomic mass is 16.5. The van der Waals surface area contributed by atoms with Gasteiger partial charge in [0.05, 0.1) is 0 Å². The van der Waals surface area contributed by atoms with E-state index in [9.17, 15) is 0 Å². The zero-order valence-electron chi connectivity index (χ0n) is 4.55. The summed E-state index contributed by atoms with van der Waals surface area (Å²) in [5.41, 5.74) is 0. The first kappa shape index (κ1) is 5.09. The maximum Gasteiger partial charge on any atom is 0.214 e. The average molecular weight is 109 g/mol. The van der Waals surface area contributed by atoms with E-state index in [1.54, 1.807) is 6.08 Å². The van der Waals surface area contributed by atoms with Crippen LogP contribution in [0, 0.1) is 0 Å². The van der Waals surface area contributed by atoms with Gasteiger partial charge in [0.1, 0.15) is 12.3 Å². The number of nitrogens with zero attached hydrogens (tertiary/aromatic N) is 1. The van der Waals surface area contributed by atoms with Crippen LogP contribution in [0.3, 0.4) is 0 Å². The van der Waals surface area contributed by atoms with Crippen LogP contribution in [0.15, 0.2) is 30.0 Å². The lowest BCUT2D eigenvalue weighted by Crippen LogP contribution is -1.89. The Labute approximate surface area is 48.2 Å². The van der Waals surface area contributed by atoms with Crippen LogP contribution in [0.5, 0.6) is 0 Å². The first-order valence-electron chi connectivity index (χ1n) is 2.35. The van der Waals surface area contributed by atoms with E-state index in [0.29, 0.717) is 18.2 Å². The predicted octanol–water partition coefficient (Wildman–Crippen LogP) is 1.11. The van der Waals surface area contributed by atoms with E-state index in [0.717, 1.165) is 0 Å². The Morgan fingerprint density at radius 3 is 2.75 bits per heavy atom. The fraction of sp³-hybridized carbons (Fsp3) is 0.167.